The van der Waals surface area contributed by atoms with Gasteiger partial charge in [0.05, 0.1) is 5.41 Å². The third-order valence-electron chi connectivity index (χ3n) is 4.12. The zero-order chi connectivity index (χ0) is 14.8. The van der Waals surface area contributed by atoms with Gasteiger partial charge >= 0.3 is 0 Å². The Balaban J connectivity index is 2.22. The van der Waals surface area contributed by atoms with Crippen molar-refractivity contribution in [2.45, 2.75) is 32.6 Å². The number of nitrogens with zero attached hydrogens (tertiary/aromatic N) is 1. The number of rotatable bonds is 6. The van der Waals surface area contributed by atoms with E-state index >= 15 is 0 Å². The Morgan fingerprint density at radius 2 is 2.35 bits per heavy atom. The van der Waals surface area contributed by atoms with Crippen LogP contribution in [-0.2, 0) is 10.2 Å². The molecule has 1 aliphatic rings. The van der Waals surface area contributed by atoms with Crippen LogP contribution in [0.25, 0.3) is 0 Å². The fourth-order valence-corrected chi connectivity index (χ4v) is 3.75. The van der Waals surface area contributed by atoms with Gasteiger partial charge in [-0.25, -0.2) is 0 Å². The van der Waals surface area contributed by atoms with Gasteiger partial charge in [0.25, 0.3) is 0 Å². The molecule has 0 aliphatic heterocycles. The van der Waals surface area contributed by atoms with Crippen molar-refractivity contribution in [3.63, 3.8) is 0 Å². The van der Waals surface area contributed by atoms with Crippen LogP contribution >= 0.6 is 11.3 Å². The zero-order valence-electron chi connectivity index (χ0n) is 12.6. The van der Waals surface area contributed by atoms with Gasteiger partial charge in [-0.2, -0.15) is 0 Å². The van der Waals surface area contributed by atoms with E-state index in [1.807, 2.05) is 23.3 Å². The van der Waals surface area contributed by atoms with Crippen molar-refractivity contribution in [3.05, 3.63) is 34.0 Å². The number of thiophene rings is 1. The van der Waals surface area contributed by atoms with Crippen LogP contribution in [0.3, 0.4) is 0 Å². The molecule has 0 saturated heterocycles. The summed E-state index contributed by atoms with van der Waals surface area (Å²) in [7, 11) is 0. The molecule has 1 fully saturated rings. The molecule has 1 amide bonds. The second kappa shape index (κ2) is 6.10. The lowest BCUT2D eigenvalue weighted by Crippen LogP contribution is -2.40. The van der Waals surface area contributed by atoms with Gasteiger partial charge in [-0.1, -0.05) is 17.7 Å². The second-order valence-corrected chi connectivity index (χ2v) is 6.66. The maximum atomic E-state index is 13.0. The predicted octanol–water partition coefficient (Wildman–Crippen LogP) is 2.78. The summed E-state index contributed by atoms with van der Waals surface area (Å²) in [4.78, 5) is 16.1. The quantitative estimate of drug-likeness (QED) is 0.820. The molecule has 1 saturated carbocycles. The first-order valence-electron chi connectivity index (χ1n) is 7.23. The van der Waals surface area contributed by atoms with E-state index in [-0.39, 0.29) is 11.3 Å². The molecule has 2 atom stereocenters. The maximum absolute atomic E-state index is 13.0. The number of amides is 1. The summed E-state index contributed by atoms with van der Waals surface area (Å²) < 4.78 is 0. The zero-order valence-corrected chi connectivity index (χ0v) is 13.4. The predicted molar refractivity (Wildman–Crippen MR) is 84.8 cm³/mol. The van der Waals surface area contributed by atoms with E-state index in [0.717, 1.165) is 13.0 Å². The number of carbonyl (C=O) groups excluding carboxylic acids is 1. The number of likely N-dealkylation sites (N-methyl/N-ethyl adjacent to an activating group) is 1. The van der Waals surface area contributed by atoms with Crippen LogP contribution in [0.5, 0.6) is 0 Å². The molecule has 1 aromatic rings. The molecule has 2 N–H and O–H groups in total. The number of carbonyl (C=O) groups is 1. The first kappa shape index (κ1) is 15.3. The monoisotopic (exact) mass is 292 g/mol. The summed E-state index contributed by atoms with van der Waals surface area (Å²) in [5.74, 6) is 0.546. The van der Waals surface area contributed by atoms with E-state index in [0.29, 0.717) is 19.0 Å². The van der Waals surface area contributed by atoms with Crippen molar-refractivity contribution in [1.82, 2.24) is 4.90 Å². The van der Waals surface area contributed by atoms with Crippen LogP contribution in [0.1, 0.15) is 32.1 Å². The maximum Gasteiger partial charge on any atom is 0.234 e. The molecule has 1 aromatic heterocycles. The molecule has 1 heterocycles. The SMILES string of the molecule is CCN(CC=C(C)C)C(=O)[C@@]1(c2cccs2)C[C@H]1CN. The van der Waals surface area contributed by atoms with Gasteiger partial charge in [0.2, 0.25) is 5.91 Å². The van der Waals surface area contributed by atoms with Crippen LogP contribution < -0.4 is 5.73 Å². The summed E-state index contributed by atoms with van der Waals surface area (Å²) in [5, 5.41) is 2.04. The molecule has 0 bridgehead atoms. The van der Waals surface area contributed by atoms with Gasteiger partial charge in [0.15, 0.2) is 0 Å². The van der Waals surface area contributed by atoms with Crippen molar-refractivity contribution in [2.75, 3.05) is 19.6 Å². The summed E-state index contributed by atoms with van der Waals surface area (Å²) in [6, 6.07) is 4.10. The number of hydrogen-bond acceptors (Lipinski definition) is 3. The van der Waals surface area contributed by atoms with E-state index in [1.165, 1.54) is 10.5 Å². The van der Waals surface area contributed by atoms with Gasteiger partial charge in [-0.15, -0.1) is 11.3 Å². The highest BCUT2D eigenvalue weighted by Gasteiger charge is 2.61. The minimum atomic E-state index is -0.339. The van der Waals surface area contributed by atoms with Crippen LogP contribution in [0, 0.1) is 5.92 Å². The second-order valence-electron chi connectivity index (χ2n) is 5.71. The Labute approximate surface area is 125 Å². The minimum Gasteiger partial charge on any atom is -0.338 e. The highest BCUT2D eigenvalue weighted by Crippen LogP contribution is 2.56. The van der Waals surface area contributed by atoms with Crippen molar-refractivity contribution < 1.29 is 4.79 Å². The van der Waals surface area contributed by atoms with E-state index in [4.69, 9.17) is 5.73 Å². The third-order valence-corrected chi connectivity index (χ3v) is 5.17. The van der Waals surface area contributed by atoms with E-state index in [9.17, 15) is 4.79 Å². The Morgan fingerprint density at radius 1 is 1.60 bits per heavy atom. The average Bonchev–Trinajstić information content (AvgIpc) is 2.92. The molecule has 0 unspecified atom stereocenters. The van der Waals surface area contributed by atoms with Gasteiger partial charge in [0.1, 0.15) is 0 Å². The Hall–Kier alpha value is -1.13. The first-order chi connectivity index (χ1) is 9.56. The highest BCUT2D eigenvalue weighted by atomic mass is 32.1. The molecular formula is C16H24N2OS. The summed E-state index contributed by atoms with van der Waals surface area (Å²) in [5.41, 5.74) is 6.74. The first-order valence-corrected chi connectivity index (χ1v) is 8.11. The van der Waals surface area contributed by atoms with Crippen LogP contribution in [0.15, 0.2) is 29.2 Å². The molecular weight excluding hydrogens is 268 g/mol. The number of nitrogens with two attached hydrogens (primary N) is 1. The van der Waals surface area contributed by atoms with E-state index in [2.05, 4.69) is 26.0 Å². The van der Waals surface area contributed by atoms with Gasteiger partial charge < -0.3 is 10.6 Å². The smallest absolute Gasteiger partial charge is 0.234 e. The molecule has 110 valence electrons. The summed E-state index contributed by atoms with van der Waals surface area (Å²) in [6.07, 6.45) is 3.01. The van der Waals surface area contributed by atoms with Crippen molar-refractivity contribution >= 4 is 17.2 Å². The number of hydrogen-bond donors (Lipinski definition) is 1. The van der Waals surface area contributed by atoms with Gasteiger partial charge in [0, 0.05) is 18.0 Å². The topological polar surface area (TPSA) is 46.3 Å². The van der Waals surface area contributed by atoms with Crippen LogP contribution in [0.2, 0.25) is 0 Å². The van der Waals surface area contributed by atoms with Crippen molar-refractivity contribution in [3.8, 4) is 0 Å². The van der Waals surface area contributed by atoms with E-state index < -0.39 is 0 Å². The third kappa shape index (κ3) is 2.67. The molecule has 0 spiro atoms. The van der Waals surface area contributed by atoms with Crippen molar-refractivity contribution in [2.24, 2.45) is 11.7 Å². The standard InChI is InChI=1S/C16H24N2OS/c1-4-18(8-7-12(2)3)15(19)16(10-13(16)11-17)14-6-5-9-20-14/h5-7,9,13H,4,8,10-11,17H2,1-3H3/t13-,16-/m0/s1. The van der Waals surface area contributed by atoms with Crippen LogP contribution in [0.4, 0.5) is 0 Å². The van der Waals surface area contributed by atoms with Gasteiger partial charge in [-0.05, 0) is 51.1 Å². The Kier molecular flexibility index (Phi) is 4.66. The molecule has 20 heavy (non-hydrogen) atoms. The molecule has 1 aliphatic carbocycles. The lowest BCUT2D eigenvalue weighted by molar-refractivity contribution is -0.133. The average molecular weight is 292 g/mol. The fourth-order valence-electron chi connectivity index (χ4n) is 2.75. The molecule has 0 aromatic carbocycles. The largest absolute Gasteiger partial charge is 0.338 e. The molecule has 0 radical (unpaired) electrons. The normalized spacial score (nSPS) is 24.3. The lowest BCUT2D eigenvalue weighted by atomic mass is 9.99. The number of allylic oxidation sites excluding steroid dienone is 1. The van der Waals surface area contributed by atoms with Gasteiger partial charge in [-0.3, -0.25) is 4.79 Å². The molecule has 3 nitrogen and oxygen atoms in total. The summed E-state index contributed by atoms with van der Waals surface area (Å²) in [6.45, 7) is 8.19. The highest BCUT2D eigenvalue weighted by molar-refractivity contribution is 7.10. The Morgan fingerprint density at radius 3 is 2.80 bits per heavy atom. The summed E-state index contributed by atoms with van der Waals surface area (Å²) >= 11 is 1.67. The molecule has 4 heteroatoms. The van der Waals surface area contributed by atoms with E-state index in [1.54, 1.807) is 11.3 Å². The minimum absolute atomic E-state index is 0.246. The fraction of sp³-hybridized carbons (Fsp3) is 0.562. The Bertz CT molecular complexity index is 491. The molecule has 2 rings (SSSR count). The lowest BCUT2D eigenvalue weighted by Gasteiger charge is -2.26. The van der Waals surface area contributed by atoms with Crippen molar-refractivity contribution in [1.29, 1.82) is 0 Å². The van der Waals surface area contributed by atoms with Crippen LogP contribution in [-0.4, -0.2) is 30.4 Å².